The number of aryl methyl sites for hydroxylation is 1. The number of nitrogens with one attached hydrogen (secondary N) is 1. The SMILES string of the molecule is CCn1cc(CN2C[C@@H]3CC[C@@H](NC(=O)OC(C)(C)C)[C@H]3C2)cn1. The van der Waals surface area contributed by atoms with Crippen molar-refractivity contribution in [3.8, 4) is 0 Å². The molecule has 0 spiro atoms. The number of likely N-dealkylation sites (tertiary alicyclic amines) is 1. The van der Waals surface area contributed by atoms with Gasteiger partial charge in [-0.25, -0.2) is 4.79 Å². The Morgan fingerprint density at radius 1 is 1.38 bits per heavy atom. The second-order valence-corrected chi connectivity index (χ2v) is 8.15. The van der Waals surface area contributed by atoms with E-state index in [2.05, 4.69) is 28.4 Å². The Hall–Kier alpha value is -1.56. The first-order valence-corrected chi connectivity index (χ1v) is 9.07. The highest BCUT2D eigenvalue weighted by atomic mass is 16.6. The van der Waals surface area contributed by atoms with E-state index in [0.717, 1.165) is 32.6 Å². The van der Waals surface area contributed by atoms with Crippen LogP contribution in [0.25, 0.3) is 0 Å². The molecular formula is C18H30N4O2. The lowest BCUT2D eigenvalue weighted by Crippen LogP contribution is -2.42. The number of nitrogens with zero attached hydrogens (tertiary/aromatic N) is 3. The second-order valence-electron chi connectivity index (χ2n) is 8.15. The van der Waals surface area contributed by atoms with E-state index in [1.54, 1.807) is 0 Å². The molecule has 2 heterocycles. The van der Waals surface area contributed by atoms with Gasteiger partial charge in [-0.3, -0.25) is 9.58 Å². The highest BCUT2D eigenvalue weighted by Gasteiger charge is 2.43. The molecule has 6 heteroatoms. The molecule has 0 unspecified atom stereocenters. The van der Waals surface area contributed by atoms with Gasteiger partial charge in [0.2, 0.25) is 0 Å². The van der Waals surface area contributed by atoms with Gasteiger partial charge in [-0.1, -0.05) is 0 Å². The van der Waals surface area contributed by atoms with Crippen molar-refractivity contribution in [2.75, 3.05) is 13.1 Å². The molecule has 1 aromatic rings. The zero-order valence-electron chi connectivity index (χ0n) is 15.3. The van der Waals surface area contributed by atoms with E-state index >= 15 is 0 Å². The van der Waals surface area contributed by atoms with Crippen LogP contribution in [0.1, 0.15) is 46.1 Å². The highest BCUT2D eigenvalue weighted by Crippen LogP contribution is 2.38. The molecule has 3 rings (SSSR count). The molecule has 1 N–H and O–H groups in total. The van der Waals surface area contributed by atoms with Crippen LogP contribution in [-0.4, -0.2) is 45.5 Å². The molecule has 0 aromatic carbocycles. The van der Waals surface area contributed by atoms with E-state index in [4.69, 9.17) is 4.74 Å². The van der Waals surface area contributed by atoms with E-state index in [-0.39, 0.29) is 12.1 Å². The minimum atomic E-state index is -0.441. The van der Waals surface area contributed by atoms with Gasteiger partial charge in [0, 0.05) is 44.0 Å². The molecule has 1 saturated carbocycles. The fraction of sp³-hybridized carbons (Fsp3) is 0.778. The number of carbonyl (C=O) groups excluding carboxylic acids is 1. The summed E-state index contributed by atoms with van der Waals surface area (Å²) in [5.41, 5.74) is 0.831. The van der Waals surface area contributed by atoms with E-state index in [9.17, 15) is 4.79 Å². The predicted octanol–water partition coefficient (Wildman–Crippen LogP) is 2.64. The third-order valence-corrected chi connectivity index (χ3v) is 5.05. The van der Waals surface area contributed by atoms with Gasteiger partial charge in [0.15, 0.2) is 0 Å². The zero-order valence-corrected chi connectivity index (χ0v) is 15.3. The summed E-state index contributed by atoms with van der Waals surface area (Å²) in [5, 5.41) is 7.45. The second kappa shape index (κ2) is 6.75. The van der Waals surface area contributed by atoms with Gasteiger partial charge in [0.25, 0.3) is 0 Å². The van der Waals surface area contributed by atoms with E-state index < -0.39 is 5.60 Å². The number of carbonyl (C=O) groups is 1. The van der Waals surface area contributed by atoms with E-state index in [1.165, 1.54) is 12.0 Å². The average molecular weight is 334 g/mol. The number of fused-ring (bicyclic) bond motifs is 1. The van der Waals surface area contributed by atoms with Crippen molar-refractivity contribution in [1.29, 1.82) is 0 Å². The van der Waals surface area contributed by atoms with Crippen molar-refractivity contribution in [2.45, 2.75) is 65.3 Å². The van der Waals surface area contributed by atoms with Crippen LogP contribution in [0.4, 0.5) is 4.79 Å². The summed E-state index contributed by atoms with van der Waals surface area (Å²) < 4.78 is 7.38. The van der Waals surface area contributed by atoms with Crippen LogP contribution in [-0.2, 0) is 17.8 Å². The van der Waals surface area contributed by atoms with Crippen LogP contribution in [0.2, 0.25) is 0 Å². The minimum absolute atomic E-state index is 0.244. The first-order chi connectivity index (χ1) is 11.3. The maximum absolute atomic E-state index is 12.1. The number of hydrogen-bond donors (Lipinski definition) is 1. The molecule has 0 radical (unpaired) electrons. The summed E-state index contributed by atoms with van der Waals surface area (Å²) in [5.74, 6) is 1.23. The predicted molar refractivity (Wildman–Crippen MR) is 92.5 cm³/mol. The molecule has 0 bridgehead atoms. The summed E-state index contributed by atoms with van der Waals surface area (Å²) in [4.78, 5) is 14.5. The number of rotatable bonds is 4. The first-order valence-electron chi connectivity index (χ1n) is 9.07. The first kappa shape index (κ1) is 17.3. The third kappa shape index (κ3) is 4.09. The molecule has 24 heavy (non-hydrogen) atoms. The molecule has 1 saturated heterocycles. The minimum Gasteiger partial charge on any atom is -0.444 e. The number of alkyl carbamates (subject to hydrolysis) is 1. The summed E-state index contributed by atoms with van der Waals surface area (Å²) in [6, 6.07) is 0.244. The molecule has 1 aliphatic carbocycles. The Labute approximate surface area is 144 Å². The van der Waals surface area contributed by atoms with Crippen LogP contribution < -0.4 is 5.32 Å². The summed E-state index contributed by atoms with van der Waals surface area (Å²) in [6.45, 7) is 11.8. The lowest BCUT2D eigenvalue weighted by molar-refractivity contribution is 0.0491. The highest BCUT2D eigenvalue weighted by molar-refractivity contribution is 5.68. The molecule has 2 aliphatic rings. The fourth-order valence-electron chi connectivity index (χ4n) is 4.04. The van der Waals surface area contributed by atoms with Crippen LogP contribution in [0.15, 0.2) is 12.4 Å². The van der Waals surface area contributed by atoms with E-state index in [1.807, 2.05) is 31.6 Å². The molecule has 3 atom stereocenters. The quantitative estimate of drug-likeness (QED) is 0.919. The monoisotopic (exact) mass is 334 g/mol. The van der Waals surface area contributed by atoms with Crippen molar-refractivity contribution < 1.29 is 9.53 Å². The van der Waals surface area contributed by atoms with Crippen molar-refractivity contribution >= 4 is 6.09 Å². The largest absolute Gasteiger partial charge is 0.444 e. The molecule has 1 amide bonds. The Balaban J connectivity index is 1.53. The third-order valence-electron chi connectivity index (χ3n) is 5.05. The van der Waals surface area contributed by atoms with Crippen molar-refractivity contribution in [2.24, 2.45) is 11.8 Å². The lowest BCUT2D eigenvalue weighted by atomic mass is 9.98. The van der Waals surface area contributed by atoms with Crippen LogP contribution >= 0.6 is 0 Å². The van der Waals surface area contributed by atoms with Crippen LogP contribution in [0, 0.1) is 11.8 Å². The summed E-state index contributed by atoms with van der Waals surface area (Å²) >= 11 is 0. The smallest absolute Gasteiger partial charge is 0.407 e. The van der Waals surface area contributed by atoms with Gasteiger partial charge < -0.3 is 10.1 Å². The molecular weight excluding hydrogens is 304 g/mol. The molecule has 134 valence electrons. The topological polar surface area (TPSA) is 59.4 Å². The van der Waals surface area contributed by atoms with Crippen molar-refractivity contribution in [3.05, 3.63) is 18.0 Å². The fourth-order valence-corrected chi connectivity index (χ4v) is 4.04. The molecule has 1 aromatic heterocycles. The van der Waals surface area contributed by atoms with Gasteiger partial charge in [0.1, 0.15) is 5.60 Å². The molecule has 1 aliphatic heterocycles. The van der Waals surface area contributed by atoms with Gasteiger partial charge in [-0.05, 0) is 52.4 Å². The van der Waals surface area contributed by atoms with Crippen LogP contribution in [0.5, 0.6) is 0 Å². The average Bonchev–Trinajstić information content (AvgIpc) is 3.15. The Morgan fingerprint density at radius 2 is 2.17 bits per heavy atom. The zero-order chi connectivity index (χ0) is 17.3. The van der Waals surface area contributed by atoms with Gasteiger partial charge in [0.05, 0.1) is 6.20 Å². The maximum atomic E-state index is 12.1. The summed E-state index contributed by atoms with van der Waals surface area (Å²) in [7, 11) is 0. The molecule has 6 nitrogen and oxygen atoms in total. The lowest BCUT2D eigenvalue weighted by Gasteiger charge is -2.25. The standard InChI is InChI=1S/C18H30N4O2/c1-5-22-10-13(8-19-22)9-21-11-14-6-7-16(15(14)12-21)20-17(23)24-18(2,3)4/h8,10,14-16H,5-7,9,11-12H2,1-4H3,(H,20,23)/t14-,15-,16+/m0/s1. The number of amides is 1. The Morgan fingerprint density at radius 3 is 2.83 bits per heavy atom. The van der Waals surface area contributed by atoms with E-state index in [0.29, 0.717) is 11.8 Å². The van der Waals surface area contributed by atoms with Gasteiger partial charge >= 0.3 is 6.09 Å². The Kier molecular flexibility index (Phi) is 4.85. The number of aromatic nitrogens is 2. The maximum Gasteiger partial charge on any atom is 0.407 e. The normalized spacial score (nSPS) is 27.2. The van der Waals surface area contributed by atoms with Crippen LogP contribution in [0.3, 0.4) is 0 Å². The van der Waals surface area contributed by atoms with Crippen molar-refractivity contribution in [1.82, 2.24) is 20.0 Å². The Bertz CT molecular complexity index is 578. The molecule has 2 fully saturated rings. The van der Waals surface area contributed by atoms with Crippen molar-refractivity contribution in [3.63, 3.8) is 0 Å². The number of ether oxygens (including phenoxy) is 1. The summed E-state index contributed by atoms with van der Waals surface area (Å²) in [6.07, 6.45) is 6.07. The number of hydrogen-bond acceptors (Lipinski definition) is 4. The van der Waals surface area contributed by atoms with Gasteiger partial charge in [-0.15, -0.1) is 0 Å². The van der Waals surface area contributed by atoms with Gasteiger partial charge in [-0.2, -0.15) is 5.10 Å².